The van der Waals surface area contributed by atoms with E-state index in [0.717, 1.165) is 29.9 Å². The first-order valence-electron chi connectivity index (χ1n) is 19.2. The summed E-state index contributed by atoms with van der Waals surface area (Å²) in [4.78, 5) is 2.33. The van der Waals surface area contributed by atoms with Crippen molar-refractivity contribution in [2.24, 2.45) is 0 Å². The lowest BCUT2D eigenvalue weighted by Crippen LogP contribution is -2.09. The van der Waals surface area contributed by atoms with Crippen LogP contribution >= 0.6 is 0 Å². The fourth-order valence-electron chi connectivity index (χ4n) is 8.60. The summed E-state index contributed by atoms with van der Waals surface area (Å²) in [6.07, 6.45) is 6.82. The second-order valence-corrected chi connectivity index (χ2v) is 14.3. The molecule has 0 amide bonds. The summed E-state index contributed by atoms with van der Waals surface area (Å²) in [5.41, 5.74) is 16.0. The van der Waals surface area contributed by atoms with Crippen molar-refractivity contribution < 1.29 is 0 Å². The number of hydrogen-bond donors (Lipinski definition) is 0. The molecule has 260 valence electrons. The highest BCUT2D eigenvalue weighted by atomic mass is 15.1. The van der Waals surface area contributed by atoms with E-state index < -0.39 is 0 Å². The van der Waals surface area contributed by atoms with Crippen LogP contribution in [-0.2, 0) is 6.42 Å². The second kappa shape index (κ2) is 14.1. The molecule has 0 heterocycles. The van der Waals surface area contributed by atoms with Gasteiger partial charge in [0.1, 0.15) is 0 Å². The van der Waals surface area contributed by atoms with E-state index >= 15 is 0 Å². The van der Waals surface area contributed by atoms with Crippen LogP contribution in [0, 0.1) is 0 Å². The van der Waals surface area contributed by atoms with Gasteiger partial charge >= 0.3 is 0 Å². The Hall–Kier alpha value is -6.96. The van der Waals surface area contributed by atoms with Crippen molar-refractivity contribution in [1.82, 2.24) is 0 Å². The lowest BCUT2D eigenvalue weighted by Gasteiger charge is -2.27. The average Bonchev–Trinajstić information content (AvgIpc) is 3.28. The number of para-hydroxylation sites is 2. The van der Waals surface area contributed by atoms with Gasteiger partial charge in [0.25, 0.3) is 0 Å². The molecule has 0 radical (unpaired) electrons. The zero-order valence-corrected chi connectivity index (χ0v) is 30.6. The highest BCUT2D eigenvalue weighted by Crippen LogP contribution is 2.50. The molecule has 0 saturated carbocycles. The molecule has 0 aliphatic heterocycles. The van der Waals surface area contributed by atoms with Gasteiger partial charge in [0.05, 0.1) is 0 Å². The maximum absolute atomic E-state index is 2.46. The van der Waals surface area contributed by atoms with Crippen LogP contribution in [0.25, 0.3) is 72.1 Å². The van der Waals surface area contributed by atoms with E-state index in [1.165, 1.54) is 77.2 Å². The molecule has 1 aliphatic rings. The minimum atomic E-state index is 1.02. The van der Waals surface area contributed by atoms with Crippen LogP contribution in [0.3, 0.4) is 0 Å². The molecule has 0 spiro atoms. The molecule has 9 aromatic carbocycles. The van der Waals surface area contributed by atoms with Gasteiger partial charge in [0, 0.05) is 17.1 Å². The number of allylic oxidation sites excluding steroid dienone is 1. The molecule has 55 heavy (non-hydrogen) atoms. The van der Waals surface area contributed by atoms with Crippen LogP contribution in [0.2, 0.25) is 0 Å². The molecule has 0 atom stereocenters. The Morgan fingerprint density at radius 1 is 0.364 bits per heavy atom. The third-order valence-corrected chi connectivity index (χ3v) is 11.1. The van der Waals surface area contributed by atoms with E-state index in [2.05, 4.69) is 217 Å². The summed E-state index contributed by atoms with van der Waals surface area (Å²) in [5, 5.41) is 5.27. The van der Waals surface area contributed by atoms with Gasteiger partial charge in [-0.25, -0.2) is 0 Å². The zero-order chi connectivity index (χ0) is 36.6. The molecule has 0 N–H and O–H groups in total. The molecule has 1 heteroatoms. The number of anilines is 3. The quantitative estimate of drug-likeness (QED) is 0.150. The Morgan fingerprint density at radius 3 is 1.47 bits per heavy atom. The van der Waals surface area contributed by atoms with Gasteiger partial charge in [0.15, 0.2) is 0 Å². The Morgan fingerprint density at radius 2 is 0.873 bits per heavy atom. The van der Waals surface area contributed by atoms with E-state index in [1.54, 1.807) is 0 Å². The van der Waals surface area contributed by atoms with E-state index in [9.17, 15) is 0 Å². The van der Waals surface area contributed by atoms with Crippen molar-refractivity contribution in [3.8, 4) is 44.5 Å². The molecule has 1 aliphatic carbocycles. The van der Waals surface area contributed by atoms with Gasteiger partial charge in [-0.3, -0.25) is 0 Å². The minimum Gasteiger partial charge on any atom is -0.311 e. The summed E-state index contributed by atoms with van der Waals surface area (Å²) in [6, 6.07) is 72.9. The number of rotatable bonds is 7. The summed E-state index contributed by atoms with van der Waals surface area (Å²) < 4.78 is 0. The molecular formula is C54H39N. The van der Waals surface area contributed by atoms with Crippen LogP contribution in [-0.4, -0.2) is 0 Å². The Labute approximate surface area is 323 Å². The summed E-state index contributed by atoms with van der Waals surface area (Å²) in [5.74, 6) is 0. The molecule has 10 rings (SSSR count). The SMILES string of the molecule is C1=Cc2c(c3cc(-c4ccccc4)ccc3c3c(-c4ccc(N(c5ccccc5)c5ccccc5)cc4)c(-c4ccccc4)cc(-c4ccccc4)c23)CC1. The van der Waals surface area contributed by atoms with Crippen molar-refractivity contribution in [2.45, 2.75) is 12.8 Å². The standard InChI is InChI=1S/C54H39N/c1-6-18-38(19-7-1)42-32-35-48-51(36-42)46-28-16-17-29-47(46)53-50(40-22-10-3-11-23-40)37-49(39-20-8-2-9-21-39)52(54(48)53)41-30-33-45(34-31-41)55(43-24-12-4-13-25-43)44-26-14-5-15-27-44/h1-15,17-27,29-37H,16,28H2. The topological polar surface area (TPSA) is 3.24 Å². The number of nitrogens with zero attached hydrogens (tertiary/aromatic N) is 1. The van der Waals surface area contributed by atoms with E-state index in [0.29, 0.717) is 0 Å². The van der Waals surface area contributed by atoms with Crippen LogP contribution in [0.5, 0.6) is 0 Å². The first kappa shape index (κ1) is 32.7. The maximum Gasteiger partial charge on any atom is 0.0462 e. The monoisotopic (exact) mass is 701 g/mol. The third kappa shape index (κ3) is 5.91. The van der Waals surface area contributed by atoms with Gasteiger partial charge in [-0.05, 0) is 139 Å². The van der Waals surface area contributed by atoms with E-state index in [1.807, 2.05) is 0 Å². The number of hydrogen-bond acceptors (Lipinski definition) is 1. The molecule has 9 aromatic rings. The lowest BCUT2D eigenvalue weighted by atomic mass is 9.78. The van der Waals surface area contributed by atoms with Gasteiger partial charge in [-0.15, -0.1) is 0 Å². The zero-order valence-electron chi connectivity index (χ0n) is 30.6. The predicted molar refractivity (Wildman–Crippen MR) is 235 cm³/mol. The summed E-state index contributed by atoms with van der Waals surface area (Å²) in [6.45, 7) is 0. The van der Waals surface area contributed by atoms with Crippen LogP contribution in [0.15, 0.2) is 206 Å². The normalized spacial score (nSPS) is 12.1. The van der Waals surface area contributed by atoms with Gasteiger partial charge in [-0.1, -0.05) is 164 Å². The van der Waals surface area contributed by atoms with Crippen molar-refractivity contribution in [3.63, 3.8) is 0 Å². The molecule has 0 unspecified atom stereocenters. The minimum absolute atomic E-state index is 1.02. The van der Waals surface area contributed by atoms with Crippen molar-refractivity contribution in [3.05, 3.63) is 217 Å². The average molecular weight is 702 g/mol. The Kier molecular flexibility index (Phi) is 8.39. The van der Waals surface area contributed by atoms with Crippen molar-refractivity contribution in [2.75, 3.05) is 4.90 Å². The Bertz CT molecular complexity index is 2770. The third-order valence-electron chi connectivity index (χ3n) is 11.1. The van der Waals surface area contributed by atoms with Crippen molar-refractivity contribution in [1.29, 1.82) is 0 Å². The molecule has 1 nitrogen and oxygen atoms in total. The second-order valence-electron chi connectivity index (χ2n) is 14.3. The predicted octanol–water partition coefficient (Wildman–Crippen LogP) is 15.1. The molecule has 0 saturated heterocycles. The van der Waals surface area contributed by atoms with E-state index in [-0.39, 0.29) is 0 Å². The summed E-state index contributed by atoms with van der Waals surface area (Å²) >= 11 is 0. The molecule has 0 aromatic heterocycles. The highest BCUT2D eigenvalue weighted by Gasteiger charge is 2.25. The highest BCUT2D eigenvalue weighted by molar-refractivity contribution is 6.25. The summed E-state index contributed by atoms with van der Waals surface area (Å²) in [7, 11) is 0. The van der Waals surface area contributed by atoms with Gasteiger partial charge in [-0.2, -0.15) is 0 Å². The first-order chi connectivity index (χ1) is 27.3. The first-order valence-corrected chi connectivity index (χ1v) is 19.2. The van der Waals surface area contributed by atoms with E-state index in [4.69, 9.17) is 0 Å². The van der Waals surface area contributed by atoms with Crippen LogP contribution in [0.1, 0.15) is 17.5 Å². The van der Waals surface area contributed by atoms with Gasteiger partial charge in [0.2, 0.25) is 0 Å². The fraction of sp³-hybridized carbons (Fsp3) is 0.0370. The fourth-order valence-corrected chi connectivity index (χ4v) is 8.60. The molecule has 0 fully saturated rings. The lowest BCUT2D eigenvalue weighted by molar-refractivity contribution is 1.00. The number of benzene rings is 9. The number of aryl methyl sites for hydroxylation is 1. The van der Waals surface area contributed by atoms with Gasteiger partial charge < -0.3 is 4.90 Å². The Balaban J connectivity index is 1.30. The molecular weight excluding hydrogens is 663 g/mol. The maximum atomic E-state index is 2.46. The smallest absolute Gasteiger partial charge is 0.0462 e. The van der Waals surface area contributed by atoms with Crippen molar-refractivity contribution >= 4 is 44.7 Å². The van der Waals surface area contributed by atoms with Crippen LogP contribution < -0.4 is 4.90 Å². The molecule has 0 bridgehead atoms. The van der Waals surface area contributed by atoms with Crippen LogP contribution in [0.4, 0.5) is 17.1 Å². The largest absolute Gasteiger partial charge is 0.311 e. The number of fused-ring (bicyclic) bond motifs is 6.